The van der Waals surface area contributed by atoms with Gasteiger partial charge in [-0.05, 0) is 115 Å². The summed E-state index contributed by atoms with van der Waals surface area (Å²) in [5.41, 5.74) is 14.8. The summed E-state index contributed by atoms with van der Waals surface area (Å²) in [5.74, 6) is 0. The Bertz CT molecular complexity index is 2350. The molecule has 0 aliphatic heterocycles. The predicted octanol–water partition coefficient (Wildman–Crippen LogP) is 12.3. The molecule has 0 aliphatic rings. The fourth-order valence-corrected chi connectivity index (χ4v) is 6.88. The molecule has 0 saturated heterocycles. The van der Waals surface area contributed by atoms with Gasteiger partial charge in [-0.2, -0.15) is 0 Å². The summed E-state index contributed by atoms with van der Waals surface area (Å²) < 4.78 is 0. The molecule has 1 heterocycles. The minimum Gasteiger partial charge on any atom is -0.264 e. The van der Waals surface area contributed by atoms with Gasteiger partial charge in [0.2, 0.25) is 0 Å². The molecule has 8 aromatic rings. The first-order valence-corrected chi connectivity index (χ1v) is 15.9. The predicted molar refractivity (Wildman–Crippen MR) is 196 cm³/mol. The Hall–Kier alpha value is -5.79. The lowest BCUT2D eigenvalue weighted by molar-refractivity contribution is 1.28. The lowest BCUT2D eigenvalue weighted by Gasteiger charge is -2.18. The maximum absolute atomic E-state index is 4.40. The van der Waals surface area contributed by atoms with Crippen molar-refractivity contribution < 1.29 is 0 Å². The van der Waals surface area contributed by atoms with E-state index in [4.69, 9.17) is 0 Å². The molecule has 0 amide bonds. The zero-order valence-corrected chi connectivity index (χ0v) is 26.0. The number of fused-ring (bicyclic) bond motifs is 2. The van der Waals surface area contributed by atoms with Crippen molar-refractivity contribution in [1.29, 1.82) is 0 Å². The van der Waals surface area contributed by atoms with Crippen LogP contribution in [-0.2, 0) is 0 Å². The Labute approximate surface area is 270 Å². The summed E-state index contributed by atoms with van der Waals surface area (Å²) in [6.45, 7) is 4.32. The van der Waals surface area contributed by atoms with E-state index in [1.165, 1.54) is 88.3 Å². The van der Waals surface area contributed by atoms with Crippen LogP contribution in [0.2, 0.25) is 0 Å². The molecule has 8 rings (SSSR count). The number of nitrogens with zero attached hydrogens (tertiary/aromatic N) is 1. The number of aromatic nitrogens is 1. The van der Waals surface area contributed by atoms with Gasteiger partial charge in [0.1, 0.15) is 0 Å². The van der Waals surface area contributed by atoms with Gasteiger partial charge in [0.15, 0.2) is 0 Å². The molecule has 46 heavy (non-hydrogen) atoms. The van der Waals surface area contributed by atoms with Crippen LogP contribution in [-0.4, -0.2) is 4.98 Å². The highest BCUT2D eigenvalue weighted by Crippen LogP contribution is 2.44. The number of pyridine rings is 1. The van der Waals surface area contributed by atoms with Gasteiger partial charge in [0, 0.05) is 18.0 Å². The van der Waals surface area contributed by atoms with Crippen LogP contribution >= 0.6 is 0 Å². The van der Waals surface area contributed by atoms with Gasteiger partial charge >= 0.3 is 0 Å². The first kappa shape index (κ1) is 27.7. The van der Waals surface area contributed by atoms with Crippen molar-refractivity contribution in [2.24, 2.45) is 0 Å². The van der Waals surface area contributed by atoms with Crippen molar-refractivity contribution in [3.05, 3.63) is 175 Å². The molecule has 0 aliphatic carbocycles. The number of hydrogen-bond donors (Lipinski definition) is 0. The Kier molecular flexibility index (Phi) is 7.00. The van der Waals surface area contributed by atoms with E-state index in [-0.39, 0.29) is 0 Å². The molecule has 0 spiro atoms. The molecule has 1 nitrogen and oxygen atoms in total. The van der Waals surface area contributed by atoms with E-state index in [0.29, 0.717) is 0 Å². The summed E-state index contributed by atoms with van der Waals surface area (Å²) in [6.07, 6.45) is 3.83. The highest BCUT2D eigenvalue weighted by Gasteiger charge is 2.17. The topological polar surface area (TPSA) is 12.9 Å². The Morgan fingerprint density at radius 2 is 0.826 bits per heavy atom. The molecule has 0 unspecified atom stereocenters. The fourth-order valence-electron chi connectivity index (χ4n) is 6.88. The summed E-state index contributed by atoms with van der Waals surface area (Å²) in [7, 11) is 0. The molecular formula is C45H33N. The molecule has 0 atom stereocenters. The summed E-state index contributed by atoms with van der Waals surface area (Å²) in [5, 5.41) is 5.07. The second-order valence-corrected chi connectivity index (χ2v) is 12.1. The molecule has 218 valence electrons. The van der Waals surface area contributed by atoms with Crippen LogP contribution in [0.25, 0.3) is 77.2 Å². The van der Waals surface area contributed by atoms with E-state index in [9.17, 15) is 0 Å². The van der Waals surface area contributed by atoms with E-state index in [1.54, 1.807) is 0 Å². The maximum atomic E-state index is 4.40. The van der Waals surface area contributed by atoms with Crippen molar-refractivity contribution in [3.8, 4) is 55.6 Å². The van der Waals surface area contributed by atoms with Gasteiger partial charge in [-0.25, -0.2) is 0 Å². The van der Waals surface area contributed by atoms with E-state index >= 15 is 0 Å². The van der Waals surface area contributed by atoms with Gasteiger partial charge < -0.3 is 0 Å². The van der Waals surface area contributed by atoms with E-state index in [0.717, 1.165) is 0 Å². The second-order valence-electron chi connectivity index (χ2n) is 12.1. The molecule has 0 saturated carbocycles. The lowest BCUT2D eigenvalue weighted by atomic mass is 9.85. The third kappa shape index (κ3) is 4.87. The van der Waals surface area contributed by atoms with Crippen molar-refractivity contribution in [1.82, 2.24) is 4.98 Å². The summed E-state index contributed by atoms with van der Waals surface area (Å²) in [6, 6.07) is 55.3. The molecule has 0 N–H and O–H groups in total. The molecule has 7 aromatic carbocycles. The maximum Gasteiger partial charge on any atom is 0.0349 e. The molecule has 1 aromatic heterocycles. The van der Waals surface area contributed by atoms with Gasteiger partial charge in [0.05, 0.1) is 0 Å². The first-order valence-electron chi connectivity index (χ1n) is 15.9. The zero-order valence-electron chi connectivity index (χ0n) is 26.0. The molecule has 1 heteroatoms. The molecule has 0 fully saturated rings. The third-order valence-electron chi connectivity index (χ3n) is 9.27. The van der Waals surface area contributed by atoms with E-state index < -0.39 is 0 Å². The molecule has 0 radical (unpaired) electrons. The third-order valence-corrected chi connectivity index (χ3v) is 9.27. The quantitative estimate of drug-likeness (QED) is 0.183. The second kappa shape index (κ2) is 11.6. The zero-order chi connectivity index (χ0) is 31.0. The van der Waals surface area contributed by atoms with Gasteiger partial charge in [0.25, 0.3) is 0 Å². The monoisotopic (exact) mass is 587 g/mol. The summed E-state index contributed by atoms with van der Waals surface area (Å²) in [4.78, 5) is 4.40. The van der Waals surface area contributed by atoms with Crippen LogP contribution in [0.4, 0.5) is 0 Å². The number of benzene rings is 7. The van der Waals surface area contributed by atoms with Crippen molar-refractivity contribution in [3.63, 3.8) is 0 Å². The molecular weight excluding hydrogens is 555 g/mol. The molecule has 0 bridgehead atoms. The highest BCUT2D eigenvalue weighted by molar-refractivity contribution is 6.21. The van der Waals surface area contributed by atoms with Crippen LogP contribution in [0.15, 0.2) is 164 Å². The Morgan fingerprint density at radius 1 is 0.348 bits per heavy atom. The average molecular weight is 588 g/mol. The fraction of sp³-hybridized carbons (Fsp3) is 0.0444. The van der Waals surface area contributed by atoms with E-state index in [2.05, 4.69) is 170 Å². The smallest absolute Gasteiger partial charge is 0.0349 e. The van der Waals surface area contributed by atoms with Gasteiger partial charge in [-0.15, -0.1) is 0 Å². The van der Waals surface area contributed by atoms with Crippen LogP contribution in [0.1, 0.15) is 11.1 Å². The largest absolute Gasteiger partial charge is 0.264 e. The van der Waals surface area contributed by atoms with Crippen molar-refractivity contribution >= 4 is 21.5 Å². The van der Waals surface area contributed by atoms with Gasteiger partial charge in [-0.1, -0.05) is 133 Å². The SMILES string of the molecule is Cc1ccncc1-c1cc(-c2ccc(-c3ccc4c(-c5ccccc5)c5ccccc5c(-c5ccccc5)c4c3)cc2)ccc1C. The minimum absolute atomic E-state index is 1.19. The minimum atomic E-state index is 1.19. The highest BCUT2D eigenvalue weighted by atomic mass is 14.6. The number of hydrogen-bond acceptors (Lipinski definition) is 1. The number of aryl methyl sites for hydroxylation is 2. The van der Waals surface area contributed by atoms with Crippen LogP contribution < -0.4 is 0 Å². The summed E-state index contributed by atoms with van der Waals surface area (Å²) >= 11 is 0. The van der Waals surface area contributed by atoms with Crippen LogP contribution in [0.3, 0.4) is 0 Å². The standard InChI is InChI=1S/C45H33N/c1-30-17-18-36(27-41(30)43-29-46-26-25-31(43)2)32-19-21-33(22-20-32)37-23-24-40-42(28-37)45(35-13-7-4-8-14-35)39-16-10-9-15-38(39)44(40)34-11-5-3-6-12-34/h3-29H,1-2H3. The Morgan fingerprint density at radius 3 is 1.43 bits per heavy atom. The van der Waals surface area contributed by atoms with Crippen LogP contribution in [0, 0.1) is 13.8 Å². The van der Waals surface area contributed by atoms with Crippen molar-refractivity contribution in [2.75, 3.05) is 0 Å². The number of rotatable bonds is 5. The Balaban J connectivity index is 1.28. The van der Waals surface area contributed by atoms with Crippen molar-refractivity contribution in [2.45, 2.75) is 13.8 Å². The van der Waals surface area contributed by atoms with Gasteiger partial charge in [-0.3, -0.25) is 4.98 Å². The van der Waals surface area contributed by atoms with Crippen LogP contribution in [0.5, 0.6) is 0 Å². The normalized spacial score (nSPS) is 11.3. The first-order chi connectivity index (χ1) is 22.7. The average Bonchev–Trinajstić information content (AvgIpc) is 3.12. The van der Waals surface area contributed by atoms with E-state index in [1.807, 2.05) is 12.4 Å². The lowest BCUT2D eigenvalue weighted by Crippen LogP contribution is -1.91.